The van der Waals surface area contributed by atoms with E-state index in [0.717, 1.165) is 32.1 Å². The van der Waals surface area contributed by atoms with Crippen LogP contribution in [0.15, 0.2) is 30.3 Å². The van der Waals surface area contributed by atoms with Crippen molar-refractivity contribution in [3.05, 3.63) is 36.3 Å². The highest BCUT2D eigenvalue weighted by molar-refractivity contribution is 7.18. The van der Waals surface area contributed by atoms with Crippen molar-refractivity contribution < 1.29 is 18.6 Å². The Morgan fingerprint density at radius 1 is 1.12 bits per heavy atom. The zero-order valence-electron chi connectivity index (χ0n) is 18.6. The van der Waals surface area contributed by atoms with Crippen LogP contribution in [0.1, 0.15) is 32.1 Å². The van der Waals surface area contributed by atoms with Gasteiger partial charge in [-0.2, -0.15) is 9.37 Å². The minimum atomic E-state index is -0.933. The van der Waals surface area contributed by atoms with Crippen molar-refractivity contribution in [1.29, 1.82) is 0 Å². The summed E-state index contributed by atoms with van der Waals surface area (Å²) in [6, 6.07) is 8.37. The van der Waals surface area contributed by atoms with Gasteiger partial charge in [0, 0.05) is 30.3 Å². The predicted octanol–water partition coefficient (Wildman–Crippen LogP) is 4.32. The first-order valence-corrected chi connectivity index (χ1v) is 12.4. The molecule has 3 aliphatic rings. The number of fused-ring (bicyclic) bond motifs is 2. The molecule has 4 heterocycles. The van der Waals surface area contributed by atoms with E-state index in [2.05, 4.69) is 25.4 Å². The van der Waals surface area contributed by atoms with E-state index in [1.54, 1.807) is 24.3 Å². The van der Waals surface area contributed by atoms with Crippen molar-refractivity contribution in [2.45, 2.75) is 62.4 Å². The molecule has 1 saturated carbocycles. The standard InChI is InChI=1S/C24H25F2N5O2S/c1-33-21-10-13(9-20(25)28-21)12-2-6-16(19(32)8-12)23-29-30-24(34-23)31(15-4-5-15)18-11-14-3-7-17(27-14)22(18)26/h2,6,8-10,14-15,17-18,22,27,32H,3-5,7,11H2,1H3/t14-,17+,18-,22?/m1/s1. The number of pyridine rings is 1. The van der Waals surface area contributed by atoms with Crippen LogP contribution >= 0.6 is 11.3 Å². The van der Waals surface area contributed by atoms with E-state index in [0.29, 0.717) is 38.9 Å². The molecule has 178 valence electrons. The molecule has 3 aromatic rings. The lowest BCUT2D eigenvalue weighted by atomic mass is 9.96. The quantitative estimate of drug-likeness (QED) is 0.503. The van der Waals surface area contributed by atoms with Gasteiger partial charge in [0.15, 0.2) is 5.01 Å². The molecule has 2 aromatic heterocycles. The first-order valence-electron chi connectivity index (χ1n) is 11.6. The fraction of sp³-hybridized carbons (Fsp3) is 0.458. The second-order valence-electron chi connectivity index (χ2n) is 9.28. The summed E-state index contributed by atoms with van der Waals surface area (Å²) in [6.07, 6.45) is 3.82. The molecule has 2 N–H and O–H groups in total. The molecule has 6 rings (SSSR count). The number of alkyl halides is 1. The fourth-order valence-electron chi connectivity index (χ4n) is 5.23. The fourth-order valence-corrected chi connectivity index (χ4v) is 6.24. The van der Waals surface area contributed by atoms with Crippen molar-refractivity contribution in [3.8, 4) is 33.3 Å². The van der Waals surface area contributed by atoms with Crippen molar-refractivity contribution in [2.75, 3.05) is 12.0 Å². The van der Waals surface area contributed by atoms with Gasteiger partial charge in [0.2, 0.25) is 17.0 Å². The van der Waals surface area contributed by atoms with Crippen LogP contribution in [0, 0.1) is 5.95 Å². The van der Waals surface area contributed by atoms with Crippen LogP contribution in [-0.4, -0.2) is 57.7 Å². The molecule has 3 fully saturated rings. The molecule has 34 heavy (non-hydrogen) atoms. The molecule has 1 aromatic carbocycles. The topological polar surface area (TPSA) is 83.4 Å². The number of nitrogens with one attached hydrogen (secondary N) is 1. The van der Waals surface area contributed by atoms with Gasteiger partial charge in [-0.05, 0) is 55.4 Å². The lowest BCUT2D eigenvalue weighted by molar-refractivity contribution is 0.172. The lowest BCUT2D eigenvalue weighted by Gasteiger charge is -2.40. The number of methoxy groups -OCH3 is 1. The maximum Gasteiger partial charge on any atom is 0.216 e. The van der Waals surface area contributed by atoms with Gasteiger partial charge >= 0.3 is 0 Å². The van der Waals surface area contributed by atoms with E-state index >= 15 is 4.39 Å². The van der Waals surface area contributed by atoms with E-state index in [-0.39, 0.29) is 23.7 Å². The van der Waals surface area contributed by atoms with Crippen LogP contribution in [0.4, 0.5) is 13.9 Å². The Kier molecular flexibility index (Phi) is 5.37. The zero-order chi connectivity index (χ0) is 23.4. The molecule has 1 aliphatic carbocycles. The Labute approximate surface area is 199 Å². The number of phenols is 1. The maximum absolute atomic E-state index is 15.3. The number of nitrogens with zero attached hydrogens (tertiary/aromatic N) is 4. The van der Waals surface area contributed by atoms with Crippen LogP contribution in [0.3, 0.4) is 0 Å². The highest BCUT2D eigenvalue weighted by Gasteiger charge is 2.48. The van der Waals surface area contributed by atoms with Gasteiger partial charge in [-0.1, -0.05) is 17.4 Å². The van der Waals surface area contributed by atoms with Crippen LogP contribution in [0.25, 0.3) is 21.7 Å². The molecule has 10 heteroatoms. The normalized spacial score (nSPS) is 26.0. The predicted molar refractivity (Wildman–Crippen MR) is 125 cm³/mol. The molecule has 4 atom stereocenters. The summed E-state index contributed by atoms with van der Waals surface area (Å²) in [5, 5.41) is 24.2. The van der Waals surface area contributed by atoms with E-state index < -0.39 is 12.1 Å². The number of phenolic OH excluding ortho intramolecular Hbond substituents is 1. The minimum absolute atomic E-state index is 0.0117. The summed E-state index contributed by atoms with van der Waals surface area (Å²) in [7, 11) is 1.42. The van der Waals surface area contributed by atoms with Gasteiger partial charge < -0.3 is 20.1 Å². The summed E-state index contributed by atoms with van der Waals surface area (Å²) < 4.78 is 34.2. The molecule has 2 aliphatic heterocycles. The first-order chi connectivity index (χ1) is 16.5. The minimum Gasteiger partial charge on any atom is -0.507 e. The van der Waals surface area contributed by atoms with Gasteiger partial charge in [-0.15, -0.1) is 10.2 Å². The number of aromatic nitrogens is 3. The summed E-state index contributed by atoms with van der Waals surface area (Å²) in [6.45, 7) is 0. The average molecular weight is 486 g/mol. The van der Waals surface area contributed by atoms with Crippen LogP contribution in [0.5, 0.6) is 11.6 Å². The molecule has 0 radical (unpaired) electrons. The summed E-state index contributed by atoms with van der Waals surface area (Å²) >= 11 is 1.37. The number of piperidine rings is 1. The van der Waals surface area contributed by atoms with Gasteiger partial charge in [0.05, 0.1) is 18.7 Å². The van der Waals surface area contributed by atoms with Gasteiger partial charge in [-0.25, -0.2) is 4.39 Å². The van der Waals surface area contributed by atoms with E-state index in [1.165, 1.54) is 24.5 Å². The second kappa shape index (κ2) is 8.42. The zero-order valence-corrected chi connectivity index (χ0v) is 19.4. The van der Waals surface area contributed by atoms with Gasteiger partial charge in [0.25, 0.3) is 0 Å². The maximum atomic E-state index is 15.3. The Balaban J connectivity index is 1.29. The number of anilines is 1. The smallest absolute Gasteiger partial charge is 0.216 e. The Morgan fingerprint density at radius 3 is 2.74 bits per heavy atom. The van der Waals surface area contributed by atoms with Crippen molar-refractivity contribution >= 4 is 16.5 Å². The average Bonchev–Trinajstić information content (AvgIpc) is 3.40. The molecule has 0 amide bonds. The van der Waals surface area contributed by atoms with E-state index in [9.17, 15) is 9.50 Å². The van der Waals surface area contributed by atoms with Crippen molar-refractivity contribution in [2.24, 2.45) is 0 Å². The Hall–Kier alpha value is -2.85. The molecule has 2 bridgehead atoms. The third-order valence-electron chi connectivity index (χ3n) is 7.03. The number of halogens is 2. The SMILES string of the molecule is COc1cc(-c2ccc(-c3nnc(N(C4CC4)[C@@H]4C[C@H]5CC[C@H](N5)C4F)s3)c(O)c2)cc(F)n1. The number of benzene rings is 1. The molecule has 7 nitrogen and oxygen atoms in total. The number of hydrogen-bond acceptors (Lipinski definition) is 8. The Bertz CT molecular complexity index is 1220. The van der Waals surface area contributed by atoms with Crippen molar-refractivity contribution in [3.63, 3.8) is 0 Å². The van der Waals surface area contributed by atoms with Crippen LogP contribution < -0.4 is 15.0 Å². The third kappa shape index (κ3) is 3.88. The third-order valence-corrected chi connectivity index (χ3v) is 8.00. The summed E-state index contributed by atoms with van der Waals surface area (Å²) in [5.41, 5.74) is 1.70. The second-order valence-corrected chi connectivity index (χ2v) is 10.2. The summed E-state index contributed by atoms with van der Waals surface area (Å²) in [4.78, 5) is 5.81. The monoisotopic (exact) mass is 485 g/mol. The number of aromatic hydroxyl groups is 1. The highest BCUT2D eigenvalue weighted by Crippen LogP contribution is 2.44. The van der Waals surface area contributed by atoms with E-state index in [1.807, 2.05) is 0 Å². The molecule has 1 unspecified atom stereocenters. The number of ether oxygens (including phenoxy) is 1. The highest BCUT2D eigenvalue weighted by atomic mass is 32.1. The molecule has 2 saturated heterocycles. The molecular formula is C24H25F2N5O2S. The van der Waals surface area contributed by atoms with E-state index in [4.69, 9.17) is 4.74 Å². The first kappa shape index (κ1) is 21.7. The van der Waals surface area contributed by atoms with Gasteiger partial charge in [-0.3, -0.25) is 0 Å². The van der Waals surface area contributed by atoms with Crippen LogP contribution in [0.2, 0.25) is 0 Å². The van der Waals surface area contributed by atoms with Crippen LogP contribution in [-0.2, 0) is 0 Å². The molecular weight excluding hydrogens is 460 g/mol. The van der Waals surface area contributed by atoms with Crippen molar-refractivity contribution in [1.82, 2.24) is 20.5 Å². The number of hydrogen-bond donors (Lipinski definition) is 2. The Morgan fingerprint density at radius 2 is 1.97 bits per heavy atom. The largest absolute Gasteiger partial charge is 0.507 e. The van der Waals surface area contributed by atoms with Gasteiger partial charge in [0.1, 0.15) is 11.9 Å². The lowest BCUT2D eigenvalue weighted by Crippen LogP contribution is -2.57. The summed E-state index contributed by atoms with van der Waals surface area (Å²) in [5.74, 6) is -0.494. The molecule has 0 spiro atoms. The number of rotatable bonds is 6.